The lowest BCUT2D eigenvalue weighted by molar-refractivity contribution is -0.139. The van der Waals surface area contributed by atoms with Crippen molar-refractivity contribution in [3.8, 4) is 5.75 Å². The van der Waals surface area contributed by atoms with Crippen LogP contribution in [0.2, 0.25) is 0 Å². The molecule has 98 valence electrons. The highest BCUT2D eigenvalue weighted by molar-refractivity contribution is 5.75. The smallest absolute Gasteiger partial charge is 0.314 e. The Labute approximate surface area is 110 Å². The normalized spacial score (nSPS) is 11.9. The maximum absolute atomic E-state index is 12.0. The van der Waals surface area contributed by atoms with Crippen molar-refractivity contribution in [1.82, 2.24) is 0 Å². The molecular formula is C16H22O2. The molecule has 0 N–H and O–H groups in total. The summed E-state index contributed by atoms with van der Waals surface area (Å²) in [5.41, 5.74) is 1.16. The highest BCUT2D eigenvalue weighted by Gasteiger charge is 2.18. The van der Waals surface area contributed by atoms with Crippen LogP contribution in [0.4, 0.5) is 0 Å². The molecule has 0 fully saturated rings. The van der Waals surface area contributed by atoms with Gasteiger partial charge in [-0.1, -0.05) is 43.5 Å². The minimum Gasteiger partial charge on any atom is -0.426 e. The van der Waals surface area contributed by atoms with Gasteiger partial charge in [0.25, 0.3) is 0 Å². The molecule has 1 aromatic carbocycles. The summed E-state index contributed by atoms with van der Waals surface area (Å²) in [6.07, 6.45) is 5.47. The van der Waals surface area contributed by atoms with Gasteiger partial charge in [0.2, 0.25) is 0 Å². The molecule has 18 heavy (non-hydrogen) atoms. The van der Waals surface area contributed by atoms with Gasteiger partial charge in [-0.2, -0.15) is 0 Å². The van der Waals surface area contributed by atoms with Crippen LogP contribution in [-0.4, -0.2) is 5.97 Å². The van der Waals surface area contributed by atoms with E-state index >= 15 is 0 Å². The fourth-order valence-electron chi connectivity index (χ4n) is 1.79. The molecule has 2 heteroatoms. The van der Waals surface area contributed by atoms with Crippen molar-refractivity contribution in [3.63, 3.8) is 0 Å². The molecule has 0 aromatic heterocycles. The first-order valence-corrected chi connectivity index (χ1v) is 6.56. The van der Waals surface area contributed by atoms with Crippen molar-refractivity contribution in [2.75, 3.05) is 0 Å². The molecule has 0 saturated heterocycles. The van der Waals surface area contributed by atoms with Crippen molar-refractivity contribution in [2.24, 2.45) is 5.92 Å². The third kappa shape index (κ3) is 4.74. The summed E-state index contributed by atoms with van der Waals surface area (Å²) in [6.45, 7) is 7.83. The molecule has 0 heterocycles. The largest absolute Gasteiger partial charge is 0.426 e. The first kappa shape index (κ1) is 14.5. The number of carbonyl (C=O) groups is 1. The number of carbonyl (C=O) groups excluding carboxylic acids is 1. The van der Waals surface area contributed by atoms with Crippen LogP contribution in [0.3, 0.4) is 0 Å². The summed E-state index contributed by atoms with van der Waals surface area (Å²) in [5.74, 6) is 0.409. The van der Waals surface area contributed by atoms with Crippen molar-refractivity contribution in [1.29, 1.82) is 0 Å². The molecule has 1 atom stereocenters. The van der Waals surface area contributed by atoms with Crippen LogP contribution in [0.1, 0.15) is 38.2 Å². The Bertz CT molecular complexity index is 379. The Morgan fingerprint density at radius 3 is 2.61 bits per heavy atom. The second-order valence-corrected chi connectivity index (χ2v) is 4.60. The molecule has 0 radical (unpaired) electrons. The van der Waals surface area contributed by atoms with E-state index in [0.717, 1.165) is 24.8 Å². The Kier molecular flexibility index (Phi) is 6.20. The number of unbranched alkanes of at least 4 members (excludes halogenated alkanes) is 1. The van der Waals surface area contributed by atoms with Crippen LogP contribution in [0.15, 0.2) is 36.9 Å². The van der Waals surface area contributed by atoms with Crippen LogP contribution in [-0.2, 0) is 4.79 Å². The molecule has 2 nitrogen and oxygen atoms in total. The predicted octanol–water partition coefficient (Wildman–Crippen LogP) is 4.28. The molecular weight excluding hydrogens is 224 g/mol. The average molecular weight is 246 g/mol. The number of hydrogen-bond donors (Lipinski definition) is 0. The maximum Gasteiger partial charge on any atom is 0.314 e. The summed E-state index contributed by atoms with van der Waals surface area (Å²) in [4.78, 5) is 12.0. The maximum atomic E-state index is 12.0. The van der Waals surface area contributed by atoms with Gasteiger partial charge in [0.1, 0.15) is 5.75 Å². The van der Waals surface area contributed by atoms with Gasteiger partial charge in [0.05, 0.1) is 5.92 Å². The summed E-state index contributed by atoms with van der Waals surface area (Å²) in [6, 6.07) is 7.55. The summed E-state index contributed by atoms with van der Waals surface area (Å²) in [5, 5.41) is 0. The quantitative estimate of drug-likeness (QED) is 0.408. The minimum atomic E-state index is -0.146. The van der Waals surface area contributed by atoms with E-state index in [-0.39, 0.29) is 11.9 Å². The summed E-state index contributed by atoms with van der Waals surface area (Å²) >= 11 is 0. The molecule has 0 aliphatic heterocycles. The predicted molar refractivity (Wildman–Crippen MR) is 74.6 cm³/mol. The molecule has 1 unspecified atom stereocenters. The molecule has 1 aromatic rings. The van der Waals surface area contributed by atoms with Crippen molar-refractivity contribution < 1.29 is 9.53 Å². The topological polar surface area (TPSA) is 26.3 Å². The van der Waals surface area contributed by atoms with E-state index in [1.807, 2.05) is 31.2 Å². The molecule has 0 saturated carbocycles. The molecule has 0 aliphatic carbocycles. The van der Waals surface area contributed by atoms with Crippen LogP contribution in [0.5, 0.6) is 5.75 Å². The molecule has 0 aliphatic rings. The Balaban J connectivity index is 2.59. The van der Waals surface area contributed by atoms with E-state index in [0.29, 0.717) is 12.2 Å². The average Bonchev–Trinajstić information content (AvgIpc) is 2.37. The van der Waals surface area contributed by atoms with Gasteiger partial charge >= 0.3 is 5.97 Å². The number of rotatable bonds is 7. The molecule has 1 rings (SSSR count). The van der Waals surface area contributed by atoms with E-state index in [9.17, 15) is 4.79 Å². The molecule has 0 amide bonds. The zero-order chi connectivity index (χ0) is 13.4. The van der Waals surface area contributed by atoms with Gasteiger partial charge in [0, 0.05) is 0 Å². The van der Waals surface area contributed by atoms with Crippen molar-refractivity contribution in [2.45, 2.75) is 39.5 Å². The summed E-state index contributed by atoms with van der Waals surface area (Å²) < 4.78 is 5.39. The standard InChI is InChI=1S/C16H22O2/c1-4-6-8-14(7-5-2)16(17)18-15-11-9-13(3)10-12-15/h5,9-12,14H,2,4,6-8H2,1,3H3. The van der Waals surface area contributed by atoms with Crippen molar-refractivity contribution in [3.05, 3.63) is 42.5 Å². The van der Waals surface area contributed by atoms with Gasteiger partial charge in [-0.15, -0.1) is 6.58 Å². The van der Waals surface area contributed by atoms with Crippen LogP contribution in [0, 0.1) is 12.8 Å². The van der Waals surface area contributed by atoms with Crippen molar-refractivity contribution >= 4 is 5.97 Å². The third-order valence-electron chi connectivity index (χ3n) is 2.93. The number of aryl methyl sites for hydroxylation is 1. The SMILES string of the molecule is C=CCC(CCCC)C(=O)Oc1ccc(C)cc1. The minimum absolute atomic E-state index is 0.0660. The second-order valence-electron chi connectivity index (χ2n) is 4.60. The molecule has 0 bridgehead atoms. The summed E-state index contributed by atoms with van der Waals surface area (Å²) in [7, 11) is 0. The van der Waals surface area contributed by atoms with Gasteiger partial charge in [-0.25, -0.2) is 0 Å². The third-order valence-corrected chi connectivity index (χ3v) is 2.93. The Morgan fingerprint density at radius 2 is 2.06 bits per heavy atom. The van der Waals surface area contributed by atoms with Gasteiger partial charge in [-0.05, 0) is 31.9 Å². The molecule has 0 spiro atoms. The zero-order valence-electron chi connectivity index (χ0n) is 11.3. The highest BCUT2D eigenvalue weighted by atomic mass is 16.5. The first-order valence-electron chi connectivity index (χ1n) is 6.56. The fraction of sp³-hybridized carbons (Fsp3) is 0.438. The fourth-order valence-corrected chi connectivity index (χ4v) is 1.79. The number of ether oxygens (including phenoxy) is 1. The Hall–Kier alpha value is -1.57. The Morgan fingerprint density at radius 1 is 1.39 bits per heavy atom. The van der Waals surface area contributed by atoms with Crippen LogP contribution in [0.25, 0.3) is 0 Å². The van der Waals surface area contributed by atoms with Gasteiger partial charge < -0.3 is 4.74 Å². The highest BCUT2D eigenvalue weighted by Crippen LogP contribution is 2.18. The van der Waals surface area contributed by atoms with Gasteiger partial charge in [0.15, 0.2) is 0 Å². The van der Waals surface area contributed by atoms with Gasteiger partial charge in [-0.3, -0.25) is 4.79 Å². The van der Waals surface area contributed by atoms with Crippen LogP contribution >= 0.6 is 0 Å². The number of allylic oxidation sites excluding steroid dienone is 1. The lowest BCUT2D eigenvalue weighted by Gasteiger charge is -2.13. The first-order chi connectivity index (χ1) is 8.67. The van der Waals surface area contributed by atoms with E-state index in [1.165, 1.54) is 0 Å². The number of esters is 1. The lowest BCUT2D eigenvalue weighted by Crippen LogP contribution is -2.20. The van der Waals surface area contributed by atoms with E-state index in [1.54, 1.807) is 6.08 Å². The number of benzene rings is 1. The van der Waals surface area contributed by atoms with Crippen LogP contribution < -0.4 is 4.74 Å². The van der Waals surface area contributed by atoms with E-state index < -0.39 is 0 Å². The second kappa shape index (κ2) is 7.70. The number of hydrogen-bond acceptors (Lipinski definition) is 2. The van der Waals surface area contributed by atoms with E-state index in [4.69, 9.17) is 4.74 Å². The monoisotopic (exact) mass is 246 g/mol. The lowest BCUT2D eigenvalue weighted by atomic mass is 9.99. The van der Waals surface area contributed by atoms with E-state index in [2.05, 4.69) is 13.5 Å². The zero-order valence-corrected chi connectivity index (χ0v) is 11.3.